The van der Waals surface area contributed by atoms with Crippen molar-refractivity contribution in [2.24, 2.45) is 0 Å². The molecule has 1 aromatic heterocycles. The normalized spacial score (nSPS) is 13.3. The standard InChI is InChI=1S/C27H34N4O4/c1-4-29-15-14-24-22(18-29)23(28-31(24)25-12-8-9-13-26(25)34-3)19-30(16-17-33-2)27(32)35-20-21-10-6-5-7-11-21/h5-13H,4,14-20H2,1-3H3. The predicted octanol–water partition coefficient (Wildman–Crippen LogP) is 4.04. The van der Waals surface area contributed by atoms with Crippen LogP contribution in [0.15, 0.2) is 54.6 Å². The molecular formula is C27H34N4O4. The molecule has 2 aromatic carbocycles. The van der Waals surface area contributed by atoms with Crippen molar-refractivity contribution in [1.29, 1.82) is 0 Å². The molecule has 0 atom stereocenters. The molecule has 0 spiro atoms. The van der Waals surface area contributed by atoms with Crippen LogP contribution in [-0.4, -0.2) is 66.1 Å². The van der Waals surface area contributed by atoms with E-state index in [4.69, 9.17) is 19.3 Å². The van der Waals surface area contributed by atoms with E-state index in [9.17, 15) is 4.79 Å². The predicted molar refractivity (Wildman–Crippen MR) is 134 cm³/mol. The smallest absolute Gasteiger partial charge is 0.410 e. The van der Waals surface area contributed by atoms with Crippen LogP contribution >= 0.6 is 0 Å². The van der Waals surface area contributed by atoms with Crippen LogP contribution in [0.4, 0.5) is 4.79 Å². The van der Waals surface area contributed by atoms with Crippen LogP contribution in [0.2, 0.25) is 0 Å². The molecule has 35 heavy (non-hydrogen) atoms. The highest BCUT2D eigenvalue weighted by molar-refractivity contribution is 5.67. The van der Waals surface area contributed by atoms with E-state index in [1.807, 2.05) is 59.3 Å². The maximum absolute atomic E-state index is 13.1. The summed E-state index contributed by atoms with van der Waals surface area (Å²) in [6, 6.07) is 17.6. The molecule has 0 saturated carbocycles. The van der Waals surface area contributed by atoms with Crippen molar-refractivity contribution in [2.75, 3.05) is 40.5 Å². The van der Waals surface area contributed by atoms with Crippen molar-refractivity contribution in [3.8, 4) is 11.4 Å². The molecule has 0 radical (unpaired) electrons. The van der Waals surface area contributed by atoms with Gasteiger partial charge in [-0.3, -0.25) is 9.80 Å². The van der Waals surface area contributed by atoms with E-state index >= 15 is 0 Å². The molecule has 8 nitrogen and oxygen atoms in total. The van der Waals surface area contributed by atoms with Crippen LogP contribution in [0.25, 0.3) is 5.69 Å². The van der Waals surface area contributed by atoms with Crippen molar-refractivity contribution in [3.05, 3.63) is 77.1 Å². The van der Waals surface area contributed by atoms with Crippen LogP contribution in [0, 0.1) is 0 Å². The van der Waals surface area contributed by atoms with E-state index in [-0.39, 0.29) is 12.7 Å². The number of benzene rings is 2. The first kappa shape index (κ1) is 24.8. The number of aromatic nitrogens is 2. The minimum absolute atomic E-state index is 0.223. The molecule has 186 valence electrons. The molecule has 0 N–H and O–H groups in total. The van der Waals surface area contributed by atoms with Gasteiger partial charge in [0.05, 0.1) is 31.6 Å². The van der Waals surface area contributed by atoms with Crippen molar-refractivity contribution < 1.29 is 19.0 Å². The Morgan fingerprint density at radius 1 is 1.09 bits per heavy atom. The summed E-state index contributed by atoms with van der Waals surface area (Å²) < 4.78 is 18.5. The number of hydrogen-bond donors (Lipinski definition) is 0. The Hall–Kier alpha value is -3.36. The minimum Gasteiger partial charge on any atom is -0.494 e. The Kier molecular flexibility index (Phi) is 8.39. The SMILES string of the molecule is CCN1CCc2c(c(CN(CCOC)C(=O)OCc3ccccc3)nn2-c2ccccc2OC)C1. The maximum Gasteiger partial charge on any atom is 0.410 e. The van der Waals surface area contributed by atoms with E-state index in [0.29, 0.717) is 19.7 Å². The zero-order chi connectivity index (χ0) is 24.6. The fourth-order valence-corrected chi connectivity index (χ4v) is 4.37. The summed E-state index contributed by atoms with van der Waals surface area (Å²) in [6.07, 6.45) is 0.500. The Bertz CT molecular complexity index is 1120. The summed E-state index contributed by atoms with van der Waals surface area (Å²) in [5.74, 6) is 0.765. The second-order valence-corrected chi connectivity index (χ2v) is 8.53. The lowest BCUT2D eigenvalue weighted by atomic mass is 10.0. The lowest BCUT2D eigenvalue weighted by Gasteiger charge is -2.27. The van der Waals surface area contributed by atoms with Gasteiger partial charge in [0.1, 0.15) is 18.0 Å². The number of hydrogen-bond acceptors (Lipinski definition) is 6. The number of nitrogens with zero attached hydrogens (tertiary/aromatic N) is 4. The van der Waals surface area contributed by atoms with Crippen LogP contribution < -0.4 is 4.74 Å². The van der Waals surface area contributed by atoms with Gasteiger partial charge >= 0.3 is 6.09 Å². The molecule has 0 fully saturated rings. The molecule has 1 aliphatic heterocycles. The molecular weight excluding hydrogens is 444 g/mol. The Balaban J connectivity index is 1.63. The summed E-state index contributed by atoms with van der Waals surface area (Å²) in [6.45, 7) is 6.30. The van der Waals surface area contributed by atoms with Crippen LogP contribution in [0.1, 0.15) is 29.4 Å². The quantitative estimate of drug-likeness (QED) is 0.438. The number of ether oxygens (including phenoxy) is 3. The molecule has 0 bridgehead atoms. The zero-order valence-electron chi connectivity index (χ0n) is 20.8. The second-order valence-electron chi connectivity index (χ2n) is 8.53. The molecule has 1 amide bonds. The van der Waals surface area contributed by atoms with E-state index in [2.05, 4.69) is 11.8 Å². The van der Waals surface area contributed by atoms with E-state index < -0.39 is 0 Å². The summed E-state index contributed by atoms with van der Waals surface area (Å²) in [5, 5.41) is 5.01. The lowest BCUT2D eigenvalue weighted by molar-refractivity contribution is 0.0790. The van der Waals surface area contributed by atoms with Gasteiger partial charge in [0.25, 0.3) is 0 Å². The molecule has 0 unspecified atom stereocenters. The average molecular weight is 479 g/mol. The monoisotopic (exact) mass is 478 g/mol. The first-order valence-electron chi connectivity index (χ1n) is 12.0. The molecule has 0 aliphatic carbocycles. The Morgan fingerprint density at radius 2 is 1.86 bits per heavy atom. The van der Waals surface area contributed by atoms with Gasteiger partial charge in [-0.15, -0.1) is 0 Å². The summed E-state index contributed by atoms with van der Waals surface area (Å²) >= 11 is 0. The topological polar surface area (TPSA) is 69.1 Å². The highest BCUT2D eigenvalue weighted by Crippen LogP contribution is 2.30. The maximum atomic E-state index is 13.1. The van der Waals surface area contributed by atoms with Crippen molar-refractivity contribution in [3.63, 3.8) is 0 Å². The number of carbonyl (C=O) groups is 1. The summed E-state index contributed by atoms with van der Waals surface area (Å²) in [7, 11) is 3.30. The van der Waals surface area contributed by atoms with Gasteiger partial charge in [0.2, 0.25) is 0 Å². The Labute approximate surface area is 207 Å². The molecule has 3 aromatic rings. The molecule has 8 heteroatoms. The summed E-state index contributed by atoms with van der Waals surface area (Å²) in [4.78, 5) is 17.1. The van der Waals surface area contributed by atoms with Gasteiger partial charge in [-0.05, 0) is 24.2 Å². The molecule has 2 heterocycles. The van der Waals surface area contributed by atoms with Crippen LogP contribution in [-0.2, 0) is 35.6 Å². The molecule has 1 aliphatic rings. The zero-order valence-corrected chi connectivity index (χ0v) is 20.8. The first-order chi connectivity index (χ1) is 17.1. The van der Waals surface area contributed by atoms with E-state index in [1.54, 1.807) is 19.1 Å². The minimum atomic E-state index is -0.380. The molecule has 0 saturated heterocycles. The third kappa shape index (κ3) is 5.83. The largest absolute Gasteiger partial charge is 0.494 e. The number of para-hydroxylation sites is 2. The van der Waals surface area contributed by atoms with Gasteiger partial charge in [-0.25, -0.2) is 9.48 Å². The number of carbonyl (C=O) groups excluding carboxylic acids is 1. The third-order valence-corrected chi connectivity index (χ3v) is 6.35. The number of likely N-dealkylation sites (N-methyl/N-ethyl adjacent to an activating group) is 1. The second kappa shape index (κ2) is 11.9. The average Bonchev–Trinajstić information content (AvgIpc) is 3.27. The number of rotatable bonds is 10. The highest BCUT2D eigenvalue weighted by Gasteiger charge is 2.28. The Morgan fingerprint density at radius 3 is 2.60 bits per heavy atom. The highest BCUT2D eigenvalue weighted by atomic mass is 16.6. The van der Waals surface area contributed by atoms with E-state index in [0.717, 1.165) is 48.7 Å². The summed E-state index contributed by atoms with van der Waals surface area (Å²) in [5.41, 5.74) is 5.05. The van der Waals surface area contributed by atoms with Crippen LogP contribution in [0.3, 0.4) is 0 Å². The molecule has 4 rings (SSSR count). The van der Waals surface area contributed by atoms with Crippen molar-refractivity contribution in [2.45, 2.75) is 33.0 Å². The first-order valence-corrected chi connectivity index (χ1v) is 12.0. The fourth-order valence-electron chi connectivity index (χ4n) is 4.37. The number of fused-ring (bicyclic) bond motifs is 1. The number of amides is 1. The van der Waals surface area contributed by atoms with Gasteiger partial charge in [0.15, 0.2) is 0 Å². The third-order valence-electron chi connectivity index (χ3n) is 6.35. The fraction of sp³-hybridized carbons (Fsp3) is 0.407. The van der Waals surface area contributed by atoms with E-state index in [1.165, 1.54) is 11.3 Å². The van der Waals surface area contributed by atoms with Crippen molar-refractivity contribution in [1.82, 2.24) is 19.6 Å². The van der Waals surface area contributed by atoms with Crippen LogP contribution in [0.5, 0.6) is 5.75 Å². The van der Waals surface area contributed by atoms with Gasteiger partial charge < -0.3 is 14.2 Å². The number of methoxy groups -OCH3 is 2. The van der Waals surface area contributed by atoms with Gasteiger partial charge in [-0.2, -0.15) is 5.10 Å². The van der Waals surface area contributed by atoms with Crippen molar-refractivity contribution >= 4 is 6.09 Å². The van der Waals surface area contributed by atoms with Gasteiger partial charge in [-0.1, -0.05) is 49.4 Å². The van der Waals surface area contributed by atoms with Gasteiger partial charge in [0, 0.05) is 38.7 Å². The lowest BCUT2D eigenvalue weighted by Crippen LogP contribution is -2.35.